The molecule has 0 spiro atoms. The number of carbonyl (C=O) groups excluding carboxylic acids is 4. The average molecular weight is 765 g/mol. The summed E-state index contributed by atoms with van der Waals surface area (Å²) in [4.78, 5) is 54.9. The van der Waals surface area contributed by atoms with E-state index in [1.807, 2.05) is 6.92 Å². The highest BCUT2D eigenvalue weighted by atomic mass is 79.9. The third-order valence-corrected chi connectivity index (χ3v) is 13.3. The number of imide groups is 1. The lowest BCUT2D eigenvalue weighted by Gasteiger charge is -2.31. The van der Waals surface area contributed by atoms with Crippen LogP contribution in [0.4, 0.5) is 0 Å². The van der Waals surface area contributed by atoms with Crippen molar-refractivity contribution in [1.82, 2.24) is 10.0 Å². The van der Waals surface area contributed by atoms with Crippen LogP contribution < -0.4 is 4.18 Å². The summed E-state index contributed by atoms with van der Waals surface area (Å²) in [7, 11) is -4.11. The highest BCUT2D eigenvalue weighted by Gasteiger charge is 2.67. The summed E-state index contributed by atoms with van der Waals surface area (Å²) in [5, 5.41) is 1.81. The topological polar surface area (TPSA) is 118 Å². The Balaban J connectivity index is 1.26. The van der Waals surface area contributed by atoms with Gasteiger partial charge in [-0.1, -0.05) is 73.3 Å². The van der Waals surface area contributed by atoms with E-state index >= 15 is 0 Å². The second-order valence-corrected chi connectivity index (χ2v) is 15.2. The van der Waals surface area contributed by atoms with Crippen molar-refractivity contribution in [3.8, 4) is 5.75 Å². The molecule has 3 fully saturated rings. The number of amides is 3. The van der Waals surface area contributed by atoms with Crippen molar-refractivity contribution in [2.45, 2.75) is 27.9 Å². The molecular formula is C31H25Br2ClN2O7S. The van der Waals surface area contributed by atoms with Gasteiger partial charge in [0.2, 0.25) is 0 Å². The summed E-state index contributed by atoms with van der Waals surface area (Å²) in [6.07, 6.45) is 0.706. The van der Waals surface area contributed by atoms with E-state index in [1.165, 1.54) is 48.5 Å². The summed E-state index contributed by atoms with van der Waals surface area (Å²) < 4.78 is 30.6. The number of fused-ring (bicyclic) bond motifs is 5. The molecule has 6 atom stereocenters. The van der Waals surface area contributed by atoms with Crippen LogP contribution >= 0.6 is 43.5 Å². The molecule has 13 heteroatoms. The first-order valence-electron chi connectivity index (χ1n) is 13.8. The quantitative estimate of drug-likeness (QED) is 0.130. The maximum Gasteiger partial charge on any atom is 0.339 e. The average Bonchev–Trinajstić information content (AvgIpc) is 3.61. The lowest BCUT2D eigenvalue weighted by Crippen LogP contribution is -2.52. The first-order chi connectivity index (χ1) is 20.9. The van der Waals surface area contributed by atoms with E-state index in [4.69, 9.17) is 15.8 Å². The number of rotatable bonds is 8. The molecular weight excluding hydrogens is 740 g/mol. The summed E-state index contributed by atoms with van der Waals surface area (Å²) >= 11 is 13.6. The van der Waals surface area contributed by atoms with E-state index in [1.54, 1.807) is 24.3 Å². The van der Waals surface area contributed by atoms with Crippen LogP contribution in [0.3, 0.4) is 0 Å². The van der Waals surface area contributed by atoms with Gasteiger partial charge in [0.15, 0.2) is 5.78 Å². The zero-order valence-corrected chi connectivity index (χ0v) is 27.8. The minimum absolute atomic E-state index is 0.00430. The zero-order chi connectivity index (χ0) is 31.5. The highest BCUT2D eigenvalue weighted by Crippen LogP contribution is 2.60. The van der Waals surface area contributed by atoms with E-state index in [0.717, 1.165) is 15.6 Å². The van der Waals surface area contributed by atoms with Crippen LogP contribution in [0.2, 0.25) is 5.02 Å². The van der Waals surface area contributed by atoms with Gasteiger partial charge in [0.25, 0.3) is 17.7 Å². The Labute approximate surface area is 275 Å². The Hall–Kier alpha value is -3.06. The largest absolute Gasteiger partial charge is 0.379 e. The van der Waals surface area contributed by atoms with Gasteiger partial charge in [0.1, 0.15) is 17.2 Å². The maximum atomic E-state index is 13.8. The van der Waals surface area contributed by atoms with Crippen LogP contribution in [-0.2, 0) is 19.7 Å². The van der Waals surface area contributed by atoms with Gasteiger partial charge in [-0.05, 0) is 73.7 Å². The number of hydrogen-bond donors (Lipinski definition) is 0. The van der Waals surface area contributed by atoms with Gasteiger partial charge in [-0.3, -0.25) is 19.2 Å². The first kappa shape index (κ1) is 30.9. The predicted octanol–water partition coefficient (Wildman–Crippen LogP) is 5.43. The molecule has 228 valence electrons. The number of hydrogen-bond acceptors (Lipinski definition) is 7. The number of hydrazine groups is 1. The first-order valence-corrected chi connectivity index (χ1v) is 17.4. The van der Waals surface area contributed by atoms with Gasteiger partial charge in [-0.15, -0.1) is 0 Å². The molecule has 0 radical (unpaired) electrons. The number of ketones is 1. The van der Waals surface area contributed by atoms with Crippen molar-refractivity contribution in [1.29, 1.82) is 0 Å². The molecule has 9 nitrogen and oxygen atoms in total. The SMILES string of the molecule is Cc1ccc(S(=O)(=O)Oc2ccc(C(=O)CN(C(=O)c3ccccc3Cl)N3C(=O)[C@@H]4[C@H]5C[C@@H]([C@H](Br)[C@H]5Br)[C@@H]4C3=O)cc2)cc1. The maximum absolute atomic E-state index is 13.8. The number of Topliss-reactive ketones (excluding diaryl/α,β-unsaturated/α-hetero) is 1. The van der Waals surface area contributed by atoms with Crippen LogP contribution in [0.25, 0.3) is 0 Å². The number of aryl methyl sites for hydroxylation is 1. The minimum atomic E-state index is -4.11. The second-order valence-electron chi connectivity index (χ2n) is 11.1. The monoisotopic (exact) mass is 762 g/mol. The summed E-state index contributed by atoms with van der Waals surface area (Å²) in [6.45, 7) is 1.20. The molecule has 44 heavy (non-hydrogen) atoms. The summed E-state index contributed by atoms with van der Waals surface area (Å²) in [5.74, 6) is -3.80. The predicted molar refractivity (Wildman–Crippen MR) is 168 cm³/mol. The van der Waals surface area contributed by atoms with E-state index < -0.39 is 52.0 Å². The van der Waals surface area contributed by atoms with Crippen molar-refractivity contribution in [2.75, 3.05) is 6.54 Å². The Morgan fingerprint density at radius 3 is 2.05 bits per heavy atom. The third-order valence-electron chi connectivity index (χ3n) is 8.53. The third kappa shape index (κ3) is 5.29. The Morgan fingerprint density at radius 1 is 0.909 bits per heavy atom. The van der Waals surface area contributed by atoms with Gasteiger partial charge in [-0.2, -0.15) is 13.4 Å². The van der Waals surface area contributed by atoms with Gasteiger partial charge in [0, 0.05) is 15.2 Å². The van der Waals surface area contributed by atoms with Crippen LogP contribution in [0.15, 0.2) is 77.7 Å². The van der Waals surface area contributed by atoms with Crippen molar-refractivity contribution in [3.63, 3.8) is 0 Å². The molecule has 1 heterocycles. The van der Waals surface area contributed by atoms with Crippen molar-refractivity contribution in [2.24, 2.45) is 23.7 Å². The number of carbonyl (C=O) groups is 4. The van der Waals surface area contributed by atoms with Crippen LogP contribution in [0, 0.1) is 30.6 Å². The molecule has 2 saturated carbocycles. The molecule has 1 aliphatic heterocycles. The zero-order valence-electron chi connectivity index (χ0n) is 23.1. The molecule has 2 bridgehead atoms. The number of benzene rings is 3. The van der Waals surface area contributed by atoms with E-state index in [2.05, 4.69) is 31.9 Å². The van der Waals surface area contributed by atoms with E-state index in [9.17, 15) is 27.6 Å². The molecule has 2 aliphatic carbocycles. The molecule has 0 aromatic heterocycles. The molecule has 3 aromatic rings. The summed E-state index contributed by atoms with van der Waals surface area (Å²) in [6, 6.07) is 17.7. The second kappa shape index (κ2) is 11.7. The van der Waals surface area contributed by atoms with Gasteiger partial charge in [-0.25, -0.2) is 5.01 Å². The molecule has 3 aromatic carbocycles. The van der Waals surface area contributed by atoms with Gasteiger partial charge in [0.05, 0.1) is 22.4 Å². The number of halogens is 3. The van der Waals surface area contributed by atoms with Crippen molar-refractivity contribution >= 4 is 77.1 Å². The molecule has 3 amide bonds. The molecule has 1 saturated heterocycles. The fraction of sp³-hybridized carbons (Fsp3) is 0.290. The summed E-state index contributed by atoms with van der Waals surface area (Å²) in [5.41, 5.74) is 1.04. The molecule has 0 unspecified atom stereocenters. The smallest absolute Gasteiger partial charge is 0.339 e. The lowest BCUT2D eigenvalue weighted by molar-refractivity contribution is -0.154. The van der Waals surface area contributed by atoms with E-state index in [-0.39, 0.29) is 48.3 Å². The normalized spacial score (nSPS) is 25.7. The number of alkyl halides is 2. The van der Waals surface area contributed by atoms with Crippen molar-refractivity contribution in [3.05, 3.63) is 94.5 Å². The Bertz CT molecular complexity index is 1750. The van der Waals surface area contributed by atoms with Crippen LogP contribution in [0.1, 0.15) is 32.7 Å². The molecule has 0 N–H and O–H groups in total. The lowest BCUT2D eigenvalue weighted by atomic mass is 9.81. The molecule has 6 rings (SSSR count). The fourth-order valence-electron chi connectivity index (χ4n) is 6.38. The Kier molecular flexibility index (Phi) is 8.23. The Morgan fingerprint density at radius 2 is 1.48 bits per heavy atom. The van der Waals surface area contributed by atoms with Gasteiger partial charge >= 0.3 is 10.1 Å². The van der Waals surface area contributed by atoms with Crippen molar-refractivity contribution < 1.29 is 31.8 Å². The van der Waals surface area contributed by atoms with E-state index in [0.29, 0.717) is 6.42 Å². The minimum Gasteiger partial charge on any atom is -0.379 e. The van der Waals surface area contributed by atoms with Gasteiger partial charge < -0.3 is 4.18 Å². The fourth-order valence-corrected chi connectivity index (χ4v) is 9.40. The molecule has 3 aliphatic rings. The highest BCUT2D eigenvalue weighted by molar-refractivity contribution is 9.12. The standard InChI is InChI=1S/C31H25Br2ClN2O7S/c1-16-6-12-19(13-7-16)44(41,42)43-18-10-8-17(9-11-18)24(37)15-35(29(38)20-4-2-3-5-23(20)34)36-30(39)25-21-14-22(26(25)31(36)40)28(33)27(21)32/h2-13,21-22,25-28H,14-15H2,1H3/t21-,22-,25-,26+,27+,28+/m1/s1. The van der Waals surface area contributed by atoms with Crippen LogP contribution in [0.5, 0.6) is 5.75 Å². The van der Waals surface area contributed by atoms with Crippen LogP contribution in [-0.4, -0.2) is 58.1 Å². The number of nitrogens with zero attached hydrogens (tertiary/aromatic N) is 2.